The molecule has 0 bridgehead atoms. The summed E-state index contributed by atoms with van der Waals surface area (Å²) < 4.78 is 34.3. The molecule has 1 atom stereocenters. The summed E-state index contributed by atoms with van der Waals surface area (Å²) >= 11 is 12.6. The monoisotopic (exact) mass is 645 g/mol. The molecule has 8 nitrogen and oxygen atoms in total. The fraction of sp³-hybridized carbons (Fsp3) is 0.375. The van der Waals surface area contributed by atoms with Crippen LogP contribution in [0.3, 0.4) is 0 Å². The number of benzene rings is 3. The van der Waals surface area contributed by atoms with Crippen LogP contribution < -0.4 is 14.4 Å². The summed E-state index contributed by atoms with van der Waals surface area (Å²) in [6.45, 7) is 1.26. The average Bonchev–Trinajstić information content (AvgIpc) is 3.01. The molecular formula is C32H37Cl2N3O5S. The Balaban J connectivity index is 1.73. The van der Waals surface area contributed by atoms with Gasteiger partial charge in [0.2, 0.25) is 11.8 Å². The molecule has 43 heavy (non-hydrogen) atoms. The first kappa shape index (κ1) is 32.6. The van der Waals surface area contributed by atoms with Crippen molar-refractivity contribution in [3.05, 3.63) is 88.4 Å². The lowest BCUT2D eigenvalue weighted by molar-refractivity contribution is -0.140. The molecule has 3 aromatic rings. The maximum atomic E-state index is 14.3. The highest BCUT2D eigenvalue weighted by atomic mass is 35.5. The van der Waals surface area contributed by atoms with Gasteiger partial charge in [-0.2, -0.15) is 0 Å². The molecule has 1 saturated carbocycles. The van der Waals surface area contributed by atoms with Gasteiger partial charge in [-0.15, -0.1) is 0 Å². The fourth-order valence-corrected chi connectivity index (χ4v) is 7.21. The number of anilines is 1. The van der Waals surface area contributed by atoms with Crippen LogP contribution in [0.2, 0.25) is 10.0 Å². The SMILES string of the molecule is CCC(C(=O)NC1CCCCC1)N(Cc1ccc(Cl)cc1Cl)C(=O)CN(c1cccc(OC)c1)S(=O)(=O)c1ccccc1. The number of nitrogens with one attached hydrogen (secondary N) is 1. The molecule has 0 spiro atoms. The van der Waals surface area contributed by atoms with Crippen molar-refractivity contribution < 1.29 is 22.7 Å². The molecule has 230 valence electrons. The zero-order valence-electron chi connectivity index (χ0n) is 24.3. The lowest BCUT2D eigenvalue weighted by atomic mass is 9.95. The smallest absolute Gasteiger partial charge is 0.264 e. The van der Waals surface area contributed by atoms with E-state index in [0.29, 0.717) is 27.8 Å². The maximum absolute atomic E-state index is 14.3. The predicted octanol–water partition coefficient (Wildman–Crippen LogP) is 6.45. The van der Waals surface area contributed by atoms with E-state index in [1.807, 2.05) is 6.92 Å². The summed E-state index contributed by atoms with van der Waals surface area (Å²) in [6.07, 6.45) is 5.31. The Kier molecular flexibility index (Phi) is 11.3. The summed E-state index contributed by atoms with van der Waals surface area (Å²) in [5.74, 6) is -0.396. The van der Waals surface area contributed by atoms with E-state index in [1.165, 1.54) is 24.1 Å². The molecule has 11 heteroatoms. The number of ether oxygens (including phenoxy) is 1. The number of hydrogen-bond acceptors (Lipinski definition) is 5. The van der Waals surface area contributed by atoms with Gasteiger partial charge in [0, 0.05) is 28.7 Å². The van der Waals surface area contributed by atoms with Crippen LogP contribution in [0.5, 0.6) is 5.75 Å². The minimum absolute atomic E-state index is 0.0111. The molecule has 1 aliphatic rings. The molecule has 0 heterocycles. The number of carbonyl (C=O) groups excluding carboxylic acids is 2. The third kappa shape index (κ3) is 8.22. The van der Waals surface area contributed by atoms with Gasteiger partial charge in [0.1, 0.15) is 18.3 Å². The molecular weight excluding hydrogens is 609 g/mol. The van der Waals surface area contributed by atoms with Gasteiger partial charge < -0.3 is 15.0 Å². The van der Waals surface area contributed by atoms with Crippen molar-refractivity contribution in [1.82, 2.24) is 10.2 Å². The van der Waals surface area contributed by atoms with Crippen LogP contribution in [-0.2, 0) is 26.2 Å². The highest BCUT2D eigenvalue weighted by Gasteiger charge is 2.34. The van der Waals surface area contributed by atoms with Crippen molar-refractivity contribution in [2.24, 2.45) is 0 Å². The average molecular weight is 647 g/mol. The lowest BCUT2D eigenvalue weighted by Crippen LogP contribution is -2.54. The van der Waals surface area contributed by atoms with E-state index in [0.717, 1.165) is 36.4 Å². The van der Waals surface area contributed by atoms with Crippen LogP contribution in [0.1, 0.15) is 51.0 Å². The van der Waals surface area contributed by atoms with Crippen molar-refractivity contribution in [1.29, 1.82) is 0 Å². The molecule has 1 fully saturated rings. The van der Waals surface area contributed by atoms with Crippen LogP contribution >= 0.6 is 23.2 Å². The first-order chi connectivity index (χ1) is 20.6. The summed E-state index contributed by atoms with van der Waals surface area (Å²) in [5, 5.41) is 3.91. The van der Waals surface area contributed by atoms with Crippen LogP contribution in [0, 0.1) is 0 Å². The number of hydrogen-bond donors (Lipinski definition) is 1. The third-order valence-corrected chi connectivity index (χ3v) is 10.0. The molecule has 3 aromatic carbocycles. The lowest BCUT2D eigenvalue weighted by Gasteiger charge is -2.34. The molecule has 1 unspecified atom stereocenters. The highest BCUT2D eigenvalue weighted by Crippen LogP contribution is 2.29. The summed E-state index contributed by atoms with van der Waals surface area (Å²) in [4.78, 5) is 29.4. The van der Waals surface area contributed by atoms with Crippen LogP contribution in [0.25, 0.3) is 0 Å². The van der Waals surface area contributed by atoms with Gasteiger partial charge in [0.15, 0.2) is 0 Å². The van der Waals surface area contributed by atoms with Crippen LogP contribution in [0.15, 0.2) is 77.7 Å². The number of sulfonamides is 1. The third-order valence-electron chi connectivity index (χ3n) is 7.64. The summed E-state index contributed by atoms with van der Waals surface area (Å²) in [5.41, 5.74) is 0.836. The van der Waals surface area contributed by atoms with E-state index in [1.54, 1.807) is 60.7 Å². The molecule has 4 rings (SSSR count). The number of carbonyl (C=O) groups is 2. The topological polar surface area (TPSA) is 96.0 Å². The van der Waals surface area contributed by atoms with Gasteiger partial charge >= 0.3 is 0 Å². The Morgan fingerprint density at radius 1 is 0.977 bits per heavy atom. The second kappa shape index (κ2) is 14.9. The predicted molar refractivity (Wildman–Crippen MR) is 170 cm³/mol. The first-order valence-corrected chi connectivity index (χ1v) is 16.6. The Morgan fingerprint density at radius 3 is 2.35 bits per heavy atom. The molecule has 0 radical (unpaired) electrons. The number of methoxy groups -OCH3 is 1. The Hall–Kier alpha value is -3.27. The van der Waals surface area contributed by atoms with Crippen LogP contribution in [-0.4, -0.2) is 50.9 Å². The zero-order chi connectivity index (χ0) is 31.0. The number of nitrogens with zero attached hydrogens (tertiary/aromatic N) is 2. The van der Waals surface area contributed by atoms with E-state index >= 15 is 0 Å². The number of halogens is 2. The number of rotatable bonds is 12. The maximum Gasteiger partial charge on any atom is 0.264 e. The highest BCUT2D eigenvalue weighted by molar-refractivity contribution is 7.92. The summed E-state index contributed by atoms with van der Waals surface area (Å²) in [7, 11) is -2.70. The molecule has 0 saturated heterocycles. The van der Waals surface area contributed by atoms with Crippen molar-refractivity contribution in [2.75, 3.05) is 18.0 Å². The van der Waals surface area contributed by atoms with Gasteiger partial charge in [0.25, 0.3) is 10.0 Å². The van der Waals surface area contributed by atoms with E-state index in [9.17, 15) is 18.0 Å². The quantitative estimate of drug-likeness (QED) is 0.244. The van der Waals surface area contributed by atoms with Crippen LogP contribution in [0.4, 0.5) is 5.69 Å². The van der Waals surface area contributed by atoms with E-state index in [-0.39, 0.29) is 29.1 Å². The zero-order valence-corrected chi connectivity index (χ0v) is 26.7. The molecule has 0 aliphatic heterocycles. The van der Waals surface area contributed by atoms with Gasteiger partial charge in [-0.3, -0.25) is 13.9 Å². The molecule has 0 aromatic heterocycles. The molecule has 2 amide bonds. The van der Waals surface area contributed by atoms with Gasteiger partial charge in [-0.05, 0) is 61.2 Å². The first-order valence-electron chi connectivity index (χ1n) is 14.4. The van der Waals surface area contributed by atoms with Crippen molar-refractivity contribution in [3.63, 3.8) is 0 Å². The minimum Gasteiger partial charge on any atom is -0.497 e. The Bertz CT molecular complexity index is 1510. The molecule has 1 aliphatic carbocycles. The Morgan fingerprint density at radius 2 is 1.70 bits per heavy atom. The Labute approximate surface area is 264 Å². The van der Waals surface area contributed by atoms with Gasteiger partial charge in [0.05, 0.1) is 17.7 Å². The molecule has 1 N–H and O–H groups in total. The van der Waals surface area contributed by atoms with Gasteiger partial charge in [-0.1, -0.05) is 79.7 Å². The number of amides is 2. The fourth-order valence-electron chi connectivity index (χ4n) is 5.31. The minimum atomic E-state index is -4.18. The van der Waals surface area contributed by atoms with Crippen molar-refractivity contribution in [2.45, 2.75) is 69.0 Å². The normalized spacial score (nSPS) is 14.5. The van der Waals surface area contributed by atoms with E-state index in [2.05, 4.69) is 5.32 Å². The second-order valence-corrected chi connectivity index (χ2v) is 13.3. The standard InChI is InChI=1S/C32H37Cl2N3O5S/c1-3-30(32(39)35-25-11-6-4-7-12-25)36(21-23-17-18-24(33)19-29(23)34)31(38)22-37(26-13-10-14-27(20-26)42-2)43(40,41)28-15-8-5-9-16-28/h5,8-10,13-20,25,30H,3-4,6-7,11-12,21-22H2,1-2H3,(H,35,39). The van der Waals surface area contributed by atoms with Crippen molar-refractivity contribution >= 4 is 50.7 Å². The largest absolute Gasteiger partial charge is 0.497 e. The second-order valence-electron chi connectivity index (χ2n) is 10.6. The van der Waals surface area contributed by atoms with E-state index < -0.39 is 28.5 Å². The van der Waals surface area contributed by atoms with Crippen molar-refractivity contribution in [3.8, 4) is 5.75 Å². The van der Waals surface area contributed by atoms with Gasteiger partial charge in [-0.25, -0.2) is 8.42 Å². The summed E-state index contributed by atoms with van der Waals surface area (Å²) in [6, 6.07) is 18.5. The van der Waals surface area contributed by atoms with E-state index in [4.69, 9.17) is 27.9 Å².